The normalized spacial score (nSPS) is 17.2. The third-order valence-corrected chi connectivity index (χ3v) is 7.33. The molecule has 5 nitrogen and oxygen atoms in total. The van der Waals surface area contributed by atoms with Crippen molar-refractivity contribution in [2.24, 2.45) is 16.4 Å². The average molecular weight is 395 g/mol. The Morgan fingerprint density at radius 2 is 2.07 bits per heavy atom. The predicted octanol–water partition coefficient (Wildman–Crippen LogP) is 5.38. The van der Waals surface area contributed by atoms with Crippen molar-refractivity contribution < 1.29 is 5.11 Å². The number of fused-ring (bicyclic) bond motifs is 3. The van der Waals surface area contributed by atoms with E-state index < -0.39 is 0 Å². The van der Waals surface area contributed by atoms with Crippen molar-refractivity contribution in [1.82, 2.24) is 9.97 Å². The average Bonchev–Trinajstić information content (AvgIpc) is 3.08. The number of hydrazone groups is 1. The highest BCUT2D eigenvalue weighted by Crippen LogP contribution is 2.45. The number of phenols is 1. The van der Waals surface area contributed by atoms with Gasteiger partial charge in [0, 0.05) is 4.88 Å². The van der Waals surface area contributed by atoms with Crippen molar-refractivity contribution in [3.63, 3.8) is 0 Å². The number of hydrogen-bond acceptors (Lipinski definition) is 6. The maximum Gasteiger partial charge on any atom is 0.158 e. The molecule has 28 heavy (non-hydrogen) atoms. The number of rotatable bonds is 5. The SMILES string of the molecule is CCC(C)(C)[C@H]1CCc2sc3ncnc(N/N=C\c4ccc(O)cc4)c3c2C1. The zero-order valence-electron chi connectivity index (χ0n) is 16.6. The molecule has 1 aliphatic carbocycles. The molecule has 0 fully saturated rings. The summed E-state index contributed by atoms with van der Waals surface area (Å²) in [4.78, 5) is 11.5. The Morgan fingerprint density at radius 1 is 1.29 bits per heavy atom. The standard InChI is InChI=1S/C22H26N4OS/c1-4-22(2,3)15-7-10-18-17(11-15)19-20(23-13-24-21(19)28-18)26-25-12-14-5-8-16(27)9-6-14/h5-6,8-9,12-13,15,27H,4,7,10-11H2,1-3H3,(H,23,24,26)/b25-12-/t15-/m0/s1. The van der Waals surface area contributed by atoms with Crippen LogP contribution in [0.5, 0.6) is 5.75 Å². The fourth-order valence-electron chi connectivity index (χ4n) is 3.88. The highest BCUT2D eigenvalue weighted by Gasteiger charge is 2.33. The molecule has 1 atom stereocenters. The molecule has 0 aliphatic heterocycles. The number of nitrogens with zero attached hydrogens (tertiary/aromatic N) is 3. The number of hydrogen-bond donors (Lipinski definition) is 2. The van der Waals surface area contributed by atoms with Crippen LogP contribution in [-0.2, 0) is 12.8 Å². The lowest BCUT2D eigenvalue weighted by Gasteiger charge is -2.36. The molecule has 0 saturated carbocycles. The molecule has 6 heteroatoms. The van der Waals surface area contributed by atoms with Gasteiger partial charge in [-0.15, -0.1) is 11.3 Å². The van der Waals surface area contributed by atoms with Crippen molar-refractivity contribution in [2.45, 2.75) is 46.5 Å². The van der Waals surface area contributed by atoms with Crippen molar-refractivity contribution in [1.29, 1.82) is 0 Å². The van der Waals surface area contributed by atoms with E-state index >= 15 is 0 Å². The van der Waals surface area contributed by atoms with E-state index in [2.05, 4.69) is 41.3 Å². The zero-order valence-corrected chi connectivity index (χ0v) is 17.4. The molecule has 0 radical (unpaired) electrons. The van der Waals surface area contributed by atoms with Gasteiger partial charge < -0.3 is 5.11 Å². The topological polar surface area (TPSA) is 70.4 Å². The summed E-state index contributed by atoms with van der Waals surface area (Å²) in [5, 5.41) is 14.9. The molecule has 0 spiro atoms. The monoisotopic (exact) mass is 394 g/mol. The molecule has 0 amide bonds. The summed E-state index contributed by atoms with van der Waals surface area (Å²) in [5.41, 5.74) is 5.77. The molecule has 2 heterocycles. The number of thiophene rings is 1. The van der Waals surface area contributed by atoms with Gasteiger partial charge in [0.1, 0.15) is 16.9 Å². The van der Waals surface area contributed by atoms with Crippen LogP contribution in [0.2, 0.25) is 0 Å². The van der Waals surface area contributed by atoms with Crippen LogP contribution in [0, 0.1) is 11.3 Å². The van der Waals surface area contributed by atoms with E-state index in [0.29, 0.717) is 11.3 Å². The second-order valence-corrected chi connectivity index (χ2v) is 9.23. The molecule has 1 aromatic carbocycles. The second-order valence-electron chi connectivity index (χ2n) is 8.15. The summed E-state index contributed by atoms with van der Waals surface area (Å²) in [6.07, 6.45) is 7.98. The molecule has 0 bridgehead atoms. The van der Waals surface area contributed by atoms with Crippen LogP contribution in [0.25, 0.3) is 10.2 Å². The molecule has 0 unspecified atom stereocenters. The maximum atomic E-state index is 9.39. The van der Waals surface area contributed by atoms with Crippen LogP contribution in [0.3, 0.4) is 0 Å². The number of aromatic hydroxyl groups is 1. The molecule has 0 saturated heterocycles. The maximum absolute atomic E-state index is 9.39. The highest BCUT2D eigenvalue weighted by molar-refractivity contribution is 7.19. The predicted molar refractivity (Wildman–Crippen MR) is 116 cm³/mol. The summed E-state index contributed by atoms with van der Waals surface area (Å²) in [6, 6.07) is 6.93. The third-order valence-electron chi connectivity index (χ3n) is 6.13. The van der Waals surface area contributed by atoms with Gasteiger partial charge in [0.05, 0.1) is 11.6 Å². The van der Waals surface area contributed by atoms with Crippen molar-refractivity contribution >= 4 is 33.6 Å². The quantitative estimate of drug-likeness (QED) is 0.450. The number of nitrogens with one attached hydrogen (secondary N) is 1. The van der Waals surface area contributed by atoms with Gasteiger partial charge in [-0.25, -0.2) is 9.97 Å². The molecular weight excluding hydrogens is 368 g/mol. The largest absolute Gasteiger partial charge is 0.508 e. The Morgan fingerprint density at radius 3 is 2.82 bits per heavy atom. The van der Waals surface area contributed by atoms with Gasteiger partial charge in [-0.3, -0.25) is 5.43 Å². The zero-order chi connectivity index (χ0) is 19.7. The summed E-state index contributed by atoms with van der Waals surface area (Å²) in [6.45, 7) is 7.05. The Kier molecular flexibility index (Phi) is 5.06. The van der Waals surface area contributed by atoms with Crippen LogP contribution in [0.15, 0.2) is 35.7 Å². The minimum atomic E-state index is 0.247. The Labute approximate surface area is 169 Å². The lowest BCUT2D eigenvalue weighted by atomic mass is 9.69. The van der Waals surface area contributed by atoms with E-state index in [9.17, 15) is 5.11 Å². The summed E-state index contributed by atoms with van der Waals surface area (Å²) in [7, 11) is 0. The second kappa shape index (κ2) is 7.51. The lowest BCUT2D eigenvalue weighted by Crippen LogP contribution is -2.28. The smallest absolute Gasteiger partial charge is 0.158 e. The first-order valence-corrected chi connectivity index (χ1v) is 10.6. The van der Waals surface area contributed by atoms with Gasteiger partial charge in [-0.05, 0) is 66.0 Å². The van der Waals surface area contributed by atoms with Crippen LogP contribution in [-0.4, -0.2) is 21.3 Å². The minimum absolute atomic E-state index is 0.247. The van der Waals surface area contributed by atoms with Gasteiger partial charge in [-0.2, -0.15) is 5.10 Å². The molecule has 3 aromatic rings. The summed E-state index contributed by atoms with van der Waals surface area (Å²) < 4.78 is 0. The number of phenolic OH excluding ortho intramolecular Hbond substituents is 1. The van der Waals surface area contributed by atoms with Gasteiger partial charge in [0.25, 0.3) is 0 Å². The summed E-state index contributed by atoms with van der Waals surface area (Å²) >= 11 is 1.79. The molecule has 2 aromatic heterocycles. The van der Waals surface area contributed by atoms with Crippen molar-refractivity contribution in [2.75, 3.05) is 5.43 Å². The van der Waals surface area contributed by atoms with E-state index in [0.717, 1.165) is 34.4 Å². The minimum Gasteiger partial charge on any atom is -0.508 e. The fourth-order valence-corrected chi connectivity index (χ4v) is 5.06. The van der Waals surface area contributed by atoms with Gasteiger partial charge in [0.15, 0.2) is 5.82 Å². The van der Waals surface area contributed by atoms with Crippen molar-refractivity contribution in [3.8, 4) is 5.75 Å². The first kappa shape index (κ1) is 18.9. The molecule has 4 rings (SSSR count). The van der Waals surface area contributed by atoms with Gasteiger partial charge in [-0.1, -0.05) is 27.2 Å². The Balaban J connectivity index is 1.63. The van der Waals surface area contributed by atoms with Gasteiger partial charge >= 0.3 is 0 Å². The number of anilines is 1. The van der Waals surface area contributed by atoms with E-state index in [1.54, 1.807) is 36.0 Å². The van der Waals surface area contributed by atoms with Crippen LogP contribution >= 0.6 is 11.3 Å². The fraction of sp³-hybridized carbons (Fsp3) is 0.409. The number of benzene rings is 1. The van der Waals surface area contributed by atoms with Crippen molar-refractivity contribution in [3.05, 3.63) is 46.6 Å². The molecule has 1 aliphatic rings. The Bertz CT molecular complexity index is 1010. The van der Waals surface area contributed by atoms with Crippen LogP contribution in [0.1, 0.15) is 49.6 Å². The van der Waals surface area contributed by atoms with E-state index in [4.69, 9.17) is 0 Å². The molecular formula is C22H26N4OS. The molecule has 2 N–H and O–H groups in total. The van der Waals surface area contributed by atoms with E-state index in [-0.39, 0.29) is 5.75 Å². The van der Waals surface area contributed by atoms with E-state index in [1.807, 2.05) is 12.1 Å². The number of aromatic nitrogens is 2. The van der Waals surface area contributed by atoms with Crippen LogP contribution < -0.4 is 5.43 Å². The van der Waals surface area contributed by atoms with E-state index in [1.165, 1.54) is 23.3 Å². The lowest BCUT2D eigenvalue weighted by molar-refractivity contribution is 0.184. The van der Waals surface area contributed by atoms with Gasteiger partial charge in [0.2, 0.25) is 0 Å². The third kappa shape index (κ3) is 3.61. The Hall–Kier alpha value is -2.47. The first-order chi connectivity index (χ1) is 13.5. The summed E-state index contributed by atoms with van der Waals surface area (Å²) in [5.74, 6) is 1.70. The molecule has 146 valence electrons. The first-order valence-electron chi connectivity index (χ1n) is 9.81. The number of aryl methyl sites for hydroxylation is 1. The highest BCUT2D eigenvalue weighted by atomic mass is 32.1. The van der Waals surface area contributed by atoms with Crippen LogP contribution in [0.4, 0.5) is 5.82 Å².